The first kappa shape index (κ1) is 27.6. The monoisotopic (exact) mass is 580 g/mol. The van der Waals surface area contributed by atoms with Gasteiger partial charge in [0.1, 0.15) is 11.9 Å². The number of hydrogen-bond donors (Lipinski definition) is 2. The van der Waals surface area contributed by atoms with Crippen molar-refractivity contribution in [2.45, 2.75) is 56.3 Å². The predicted octanol–water partition coefficient (Wildman–Crippen LogP) is 5.29. The highest BCUT2D eigenvalue weighted by Crippen LogP contribution is 2.45. The van der Waals surface area contributed by atoms with Crippen LogP contribution >= 0.6 is 23.2 Å². The van der Waals surface area contributed by atoms with Crippen molar-refractivity contribution in [3.8, 4) is 0 Å². The van der Waals surface area contributed by atoms with E-state index in [1.165, 1.54) is 41.4 Å². The number of carbonyl (C=O) groups excluding carboxylic acids is 2. The topological polar surface area (TPSA) is 95.4 Å². The number of pyridine rings is 2. The summed E-state index contributed by atoms with van der Waals surface area (Å²) in [5.74, 6) is -1.24. The van der Waals surface area contributed by atoms with Gasteiger partial charge >= 0.3 is 0 Å². The quantitative estimate of drug-likeness (QED) is 0.484. The van der Waals surface area contributed by atoms with E-state index < -0.39 is 35.7 Å². The predicted molar refractivity (Wildman–Crippen MR) is 138 cm³/mol. The van der Waals surface area contributed by atoms with Crippen LogP contribution in [0.3, 0.4) is 0 Å². The highest BCUT2D eigenvalue weighted by atomic mass is 35.5. The summed E-state index contributed by atoms with van der Waals surface area (Å²) in [5.41, 5.74) is -2.09. The minimum atomic E-state index is -2.92. The number of alkyl halides is 3. The van der Waals surface area contributed by atoms with Crippen LogP contribution in [0, 0.1) is 5.92 Å². The van der Waals surface area contributed by atoms with Gasteiger partial charge in [0.15, 0.2) is 0 Å². The molecule has 39 heavy (non-hydrogen) atoms. The average Bonchev–Trinajstić information content (AvgIpc) is 3.11. The Balaban J connectivity index is 1.27. The van der Waals surface area contributed by atoms with Crippen molar-refractivity contribution in [3.63, 3.8) is 0 Å². The van der Waals surface area contributed by atoms with Gasteiger partial charge in [-0.05, 0) is 55.9 Å². The molecular formula is C27H25Cl2F3N4O3. The third kappa shape index (κ3) is 5.29. The van der Waals surface area contributed by atoms with Crippen LogP contribution in [0.4, 0.5) is 13.2 Å². The number of allylic oxidation sites excluding steroid dienone is 2. The Morgan fingerprint density at radius 3 is 2.54 bits per heavy atom. The lowest BCUT2D eigenvalue weighted by atomic mass is 9.85. The molecule has 0 bridgehead atoms. The van der Waals surface area contributed by atoms with Crippen molar-refractivity contribution in [1.82, 2.24) is 20.2 Å². The zero-order chi connectivity index (χ0) is 27.9. The van der Waals surface area contributed by atoms with Gasteiger partial charge in [-0.3, -0.25) is 19.6 Å². The molecule has 2 atom stereocenters. The third-order valence-corrected chi connectivity index (χ3v) is 7.93. The fourth-order valence-electron chi connectivity index (χ4n) is 5.52. The molecule has 12 heteroatoms. The molecule has 1 saturated carbocycles. The van der Waals surface area contributed by atoms with Gasteiger partial charge < -0.3 is 15.3 Å². The summed E-state index contributed by atoms with van der Waals surface area (Å²) in [6.45, 7) is 0.266. The Bertz CT molecular complexity index is 1350. The van der Waals surface area contributed by atoms with Crippen LogP contribution in [0.2, 0.25) is 10.0 Å². The van der Waals surface area contributed by atoms with Crippen molar-refractivity contribution in [1.29, 1.82) is 0 Å². The van der Waals surface area contributed by atoms with Crippen LogP contribution in [-0.2, 0) is 10.4 Å². The fourth-order valence-corrected chi connectivity index (χ4v) is 5.79. The number of nitrogens with zero attached hydrogens (tertiary/aromatic N) is 3. The third-order valence-electron chi connectivity index (χ3n) is 7.50. The van der Waals surface area contributed by atoms with E-state index in [0.29, 0.717) is 42.0 Å². The van der Waals surface area contributed by atoms with E-state index in [0.717, 1.165) is 6.20 Å². The maximum absolute atomic E-state index is 14.4. The Kier molecular flexibility index (Phi) is 7.72. The van der Waals surface area contributed by atoms with Gasteiger partial charge in [-0.25, -0.2) is 13.2 Å². The van der Waals surface area contributed by atoms with Crippen LogP contribution < -0.4 is 5.32 Å². The molecule has 1 fully saturated rings. The van der Waals surface area contributed by atoms with E-state index in [1.807, 2.05) is 0 Å². The number of aromatic nitrogens is 2. The first-order valence-corrected chi connectivity index (χ1v) is 13.3. The maximum atomic E-state index is 14.4. The van der Waals surface area contributed by atoms with Gasteiger partial charge in [-0.15, -0.1) is 0 Å². The van der Waals surface area contributed by atoms with Crippen LogP contribution in [-0.4, -0.2) is 50.5 Å². The van der Waals surface area contributed by atoms with E-state index in [9.17, 15) is 27.9 Å². The molecule has 0 aromatic carbocycles. The van der Waals surface area contributed by atoms with Crippen LogP contribution in [0.5, 0.6) is 0 Å². The molecule has 0 radical (unpaired) electrons. The maximum Gasteiger partial charge on any atom is 0.281 e. The van der Waals surface area contributed by atoms with Crippen LogP contribution in [0.15, 0.2) is 54.0 Å². The number of hydrogen-bond acceptors (Lipinski definition) is 5. The normalized spacial score (nSPS) is 26.8. The molecule has 7 nitrogen and oxygen atoms in total. The second-order valence-electron chi connectivity index (χ2n) is 10.0. The van der Waals surface area contributed by atoms with E-state index in [2.05, 4.69) is 15.3 Å². The minimum Gasteiger partial charge on any atom is -0.371 e. The molecule has 5 rings (SSSR count). The molecule has 2 aliphatic carbocycles. The van der Waals surface area contributed by atoms with E-state index in [-0.39, 0.29) is 41.2 Å². The van der Waals surface area contributed by atoms with E-state index in [1.54, 1.807) is 0 Å². The molecule has 2 aromatic heterocycles. The standard InChI is InChI=1S/C27H25Cl2F3N4O3/c28-15-3-8-22(33-11-15)27(39)20-7-4-17(30)10-21(20)36(26(27)38)13-14-1-5-18(6-2-14)35-25(37)19-9-16(29)12-34-23(19)24(31)32/h3-4,7-9,11-12,14,17-18,24,39H,1-2,5-6,10,13H2,(H,35,37)/t14-,17?,18-,27?. The van der Waals surface area contributed by atoms with Gasteiger partial charge in [-0.2, -0.15) is 0 Å². The van der Waals surface area contributed by atoms with Crippen molar-refractivity contribution < 1.29 is 27.9 Å². The number of nitrogens with one attached hydrogen (secondary N) is 1. The number of rotatable bonds is 6. The molecule has 2 aromatic rings. The lowest BCUT2D eigenvalue weighted by Crippen LogP contribution is -2.44. The first-order valence-electron chi connectivity index (χ1n) is 12.5. The summed E-state index contributed by atoms with van der Waals surface area (Å²) >= 11 is 11.8. The molecule has 2 unspecified atom stereocenters. The lowest BCUT2D eigenvalue weighted by molar-refractivity contribution is -0.143. The SMILES string of the molecule is O=C(N[C@H]1CC[C@H](CN2C(=O)C(O)(c3ccc(Cl)cn3)C3=C2CC(F)C=C3)CC1)c1cc(Cl)cnc1C(F)F. The summed E-state index contributed by atoms with van der Waals surface area (Å²) in [4.78, 5) is 35.6. The highest BCUT2D eigenvalue weighted by Gasteiger charge is 2.54. The zero-order valence-corrected chi connectivity index (χ0v) is 22.1. The van der Waals surface area contributed by atoms with Gasteiger partial charge in [0, 0.05) is 42.7 Å². The molecule has 3 heterocycles. The first-order chi connectivity index (χ1) is 18.6. The summed E-state index contributed by atoms with van der Waals surface area (Å²) < 4.78 is 41.0. The van der Waals surface area contributed by atoms with E-state index >= 15 is 0 Å². The van der Waals surface area contributed by atoms with Crippen molar-refractivity contribution in [2.75, 3.05) is 6.54 Å². The molecular weight excluding hydrogens is 556 g/mol. The smallest absolute Gasteiger partial charge is 0.281 e. The Labute approximate surface area is 232 Å². The highest BCUT2D eigenvalue weighted by molar-refractivity contribution is 6.31. The number of halogens is 5. The van der Waals surface area contributed by atoms with Crippen molar-refractivity contribution in [3.05, 3.63) is 81.0 Å². The molecule has 0 saturated heterocycles. The van der Waals surface area contributed by atoms with Crippen molar-refractivity contribution >= 4 is 35.0 Å². The fraction of sp³-hybridized carbons (Fsp3) is 0.407. The van der Waals surface area contributed by atoms with Gasteiger partial charge in [0.2, 0.25) is 5.60 Å². The molecule has 2 N–H and O–H groups in total. The van der Waals surface area contributed by atoms with Gasteiger partial charge in [0.25, 0.3) is 18.2 Å². The minimum absolute atomic E-state index is 0.0183. The van der Waals surface area contributed by atoms with Gasteiger partial charge in [-0.1, -0.05) is 29.3 Å². The van der Waals surface area contributed by atoms with Crippen LogP contribution in [0.1, 0.15) is 60.3 Å². The second-order valence-corrected chi connectivity index (χ2v) is 10.9. The summed E-state index contributed by atoms with van der Waals surface area (Å²) in [6.07, 6.45) is 3.28. The van der Waals surface area contributed by atoms with Crippen molar-refractivity contribution in [2.24, 2.45) is 5.92 Å². The molecule has 1 aliphatic heterocycles. The summed E-state index contributed by atoms with van der Waals surface area (Å²) in [6, 6.07) is 3.92. The Morgan fingerprint density at radius 1 is 1.15 bits per heavy atom. The average molecular weight is 581 g/mol. The zero-order valence-electron chi connectivity index (χ0n) is 20.6. The lowest BCUT2D eigenvalue weighted by Gasteiger charge is -2.33. The van der Waals surface area contributed by atoms with E-state index in [4.69, 9.17) is 23.2 Å². The summed E-state index contributed by atoms with van der Waals surface area (Å²) in [5, 5.41) is 14.8. The molecule has 2 amide bonds. The number of amides is 2. The summed E-state index contributed by atoms with van der Waals surface area (Å²) in [7, 11) is 0. The number of carbonyl (C=O) groups is 2. The second kappa shape index (κ2) is 10.9. The largest absolute Gasteiger partial charge is 0.371 e. The molecule has 206 valence electrons. The van der Waals surface area contributed by atoms with Crippen LogP contribution in [0.25, 0.3) is 0 Å². The molecule has 3 aliphatic rings. The number of aliphatic hydroxyl groups is 1. The van der Waals surface area contributed by atoms with Gasteiger partial charge in [0.05, 0.1) is 21.3 Å². The Morgan fingerprint density at radius 2 is 1.87 bits per heavy atom. The Hall–Kier alpha value is -2.95. The molecule has 0 spiro atoms.